The standard InChI is InChI=1S/C27H28O6/c1-3-11-21-23(17-31-26(29)19-13-7-5-8-14-19)33-24(22(12-4-2)25(21)28)18-32-27(30)20-15-9-6-10-16-20/h5-10,13-16H,3-4,11-12,17-18H2,1-2H3. The van der Waals surface area contributed by atoms with Crippen LogP contribution >= 0.6 is 0 Å². The lowest BCUT2D eigenvalue weighted by atomic mass is 10.0. The Hall–Kier alpha value is -3.67. The van der Waals surface area contributed by atoms with E-state index in [1.807, 2.05) is 26.0 Å². The van der Waals surface area contributed by atoms with E-state index in [-0.39, 0.29) is 30.2 Å². The molecule has 1 aromatic heterocycles. The molecule has 0 radical (unpaired) electrons. The maximum Gasteiger partial charge on any atom is 0.338 e. The molecular weight excluding hydrogens is 420 g/mol. The van der Waals surface area contributed by atoms with Crippen molar-refractivity contribution in [2.24, 2.45) is 0 Å². The van der Waals surface area contributed by atoms with Crippen molar-refractivity contribution in [1.82, 2.24) is 0 Å². The summed E-state index contributed by atoms with van der Waals surface area (Å²) in [6.07, 6.45) is 2.47. The second-order valence-electron chi connectivity index (χ2n) is 7.62. The fourth-order valence-electron chi connectivity index (χ4n) is 3.52. The second kappa shape index (κ2) is 11.8. The zero-order valence-electron chi connectivity index (χ0n) is 19.0. The Labute approximate surface area is 193 Å². The Kier molecular flexibility index (Phi) is 8.58. The third-order valence-electron chi connectivity index (χ3n) is 5.16. The van der Waals surface area contributed by atoms with Crippen LogP contribution in [-0.2, 0) is 35.5 Å². The highest BCUT2D eigenvalue weighted by molar-refractivity contribution is 5.89. The average Bonchev–Trinajstić information content (AvgIpc) is 2.85. The van der Waals surface area contributed by atoms with Gasteiger partial charge in [-0.15, -0.1) is 0 Å². The van der Waals surface area contributed by atoms with Gasteiger partial charge in [-0.05, 0) is 37.1 Å². The van der Waals surface area contributed by atoms with E-state index in [1.165, 1.54) is 0 Å². The van der Waals surface area contributed by atoms with E-state index in [2.05, 4.69) is 0 Å². The summed E-state index contributed by atoms with van der Waals surface area (Å²) >= 11 is 0. The van der Waals surface area contributed by atoms with Crippen molar-refractivity contribution < 1.29 is 23.5 Å². The van der Waals surface area contributed by atoms with Gasteiger partial charge >= 0.3 is 11.9 Å². The average molecular weight is 449 g/mol. The normalized spacial score (nSPS) is 10.6. The molecule has 172 valence electrons. The number of ether oxygens (including phenoxy) is 2. The van der Waals surface area contributed by atoms with E-state index < -0.39 is 11.9 Å². The molecule has 1 heterocycles. The van der Waals surface area contributed by atoms with Crippen LogP contribution in [-0.4, -0.2) is 11.9 Å². The summed E-state index contributed by atoms with van der Waals surface area (Å²) in [6, 6.07) is 17.2. The van der Waals surface area contributed by atoms with Gasteiger partial charge in [0.25, 0.3) is 0 Å². The highest BCUT2D eigenvalue weighted by atomic mass is 16.6. The van der Waals surface area contributed by atoms with Crippen molar-refractivity contribution in [3.63, 3.8) is 0 Å². The molecule has 0 saturated carbocycles. The molecule has 6 nitrogen and oxygen atoms in total. The van der Waals surface area contributed by atoms with Crippen molar-refractivity contribution >= 4 is 11.9 Å². The van der Waals surface area contributed by atoms with Crippen LogP contribution in [0.15, 0.2) is 69.9 Å². The molecule has 3 rings (SSSR count). The summed E-state index contributed by atoms with van der Waals surface area (Å²) in [5, 5.41) is 0. The van der Waals surface area contributed by atoms with E-state index >= 15 is 0 Å². The van der Waals surface area contributed by atoms with Gasteiger partial charge in [0.2, 0.25) is 0 Å². The number of hydrogen-bond donors (Lipinski definition) is 0. The predicted molar refractivity (Wildman–Crippen MR) is 124 cm³/mol. The van der Waals surface area contributed by atoms with Crippen LogP contribution in [0.4, 0.5) is 0 Å². The molecule has 2 aromatic carbocycles. The van der Waals surface area contributed by atoms with Gasteiger partial charge in [-0.2, -0.15) is 0 Å². The first-order valence-corrected chi connectivity index (χ1v) is 11.2. The molecule has 0 saturated heterocycles. The third kappa shape index (κ3) is 6.19. The van der Waals surface area contributed by atoms with Gasteiger partial charge in [-0.25, -0.2) is 9.59 Å². The van der Waals surface area contributed by atoms with Crippen LogP contribution in [0.3, 0.4) is 0 Å². The molecule has 0 amide bonds. The zero-order chi connectivity index (χ0) is 23.6. The fourth-order valence-corrected chi connectivity index (χ4v) is 3.52. The minimum atomic E-state index is -0.504. The quantitative estimate of drug-likeness (QED) is 0.394. The van der Waals surface area contributed by atoms with E-state index in [9.17, 15) is 14.4 Å². The molecule has 6 heteroatoms. The molecular formula is C27H28O6. The maximum atomic E-state index is 13.3. The van der Waals surface area contributed by atoms with Gasteiger partial charge in [0.1, 0.15) is 24.7 Å². The van der Waals surface area contributed by atoms with Crippen LogP contribution in [0, 0.1) is 0 Å². The highest BCUT2D eigenvalue weighted by Crippen LogP contribution is 2.19. The predicted octanol–water partition coefficient (Wildman–Crippen LogP) is 5.26. The van der Waals surface area contributed by atoms with Crippen LogP contribution in [0.25, 0.3) is 0 Å². The van der Waals surface area contributed by atoms with Crippen LogP contribution in [0.5, 0.6) is 0 Å². The van der Waals surface area contributed by atoms with Gasteiger partial charge in [0.05, 0.1) is 11.1 Å². The van der Waals surface area contributed by atoms with Crippen molar-refractivity contribution in [2.45, 2.75) is 52.7 Å². The minimum absolute atomic E-state index is 0.138. The number of hydrogen-bond acceptors (Lipinski definition) is 6. The number of esters is 2. The van der Waals surface area contributed by atoms with Crippen molar-refractivity contribution in [1.29, 1.82) is 0 Å². The second-order valence-corrected chi connectivity index (χ2v) is 7.62. The van der Waals surface area contributed by atoms with Crippen LogP contribution in [0.1, 0.15) is 70.1 Å². The molecule has 0 aliphatic heterocycles. The molecule has 0 spiro atoms. The molecule has 0 atom stereocenters. The van der Waals surface area contributed by atoms with Gasteiger partial charge in [-0.3, -0.25) is 4.79 Å². The largest absolute Gasteiger partial charge is 0.458 e. The Balaban J connectivity index is 1.87. The smallest absolute Gasteiger partial charge is 0.338 e. The lowest BCUT2D eigenvalue weighted by molar-refractivity contribution is 0.0405. The SMILES string of the molecule is CCCc1c(COC(=O)c2ccccc2)oc(COC(=O)c2ccccc2)c(CCC)c1=O. The van der Waals surface area contributed by atoms with E-state index in [0.29, 0.717) is 35.1 Å². The summed E-state index contributed by atoms with van der Waals surface area (Å²) in [6.45, 7) is 3.58. The molecule has 0 bridgehead atoms. The number of benzene rings is 2. The summed E-state index contributed by atoms with van der Waals surface area (Å²) in [5.74, 6) is -0.431. The minimum Gasteiger partial charge on any atom is -0.458 e. The van der Waals surface area contributed by atoms with Crippen LogP contribution in [0.2, 0.25) is 0 Å². The van der Waals surface area contributed by atoms with Gasteiger partial charge in [-0.1, -0.05) is 63.1 Å². The number of carbonyl (C=O) groups excluding carboxylic acids is 2. The van der Waals surface area contributed by atoms with Crippen LogP contribution < -0.4 is 5.43 Å². The van der Waals surface area contributed by atoms with E-state index in [4.69, 9.17) is 13.9 Å². The Morgan fingerprint density at radius 3 is 1.45 bits per heavy atom. The molecule has 3 aromatic rings. The summed E-state index contributed by atoms with van der Waals surface area (Å²) in [7, 11) is 0. The Morgan fingerprint density at radius 1 is 0.697 bits per heavy atom. The summed E-state index contributed by atoms with van der Waals surface area (Å²) in [4.78, 5) is 38.1. The Bertz CT molecular complexity index is 1050. The first-order chi connectivity index (χ1) is 16.0. The van der Waals surface area contributed by atoms with Gasteiger partial charge in [0.15, 0.2) is 5.43 Å². The first kappa shape index (κ1) is 24.0. The molecule has 0 aliphatic carbocycles. The van der Waals surface area contributed by atoms with E-state index in [1.54, 1.807) is 48.5 Å². The van der Waals surface area contributed by atoms with Crippen molar-refractivity contribution in [2.75, 3.05) is 0 Å². The number of carbonyl (C=O) groups is 2. The topological polar surface area (TPSA) is 82.8 Å². The third-order valence-corrected chi connectivity index (χ3v) is 5.16. The highest BCUT2D eigenvalue weighted by Gasteiger charge is 2.21. The zero-order valence-corrected chi connectivity index (χ0v) is 19.0. The molecule has 33 heavy (non-hydrogen) atoms. The van der Waals surface area contributed by atoms with Gasteiger partial charge in [0, 0.05) is 11.1 Å². The van der Waals surface area contributed by atoms with Crippen molar-refractivity contribution in [3.05, 3.63) is 105 Å². The summed E-state index contributed by atoms with van der Waals surface area (Å²) in [5.41, 5.74) is 1.69. The van der Waals surface area contributed by atoms with Gasteiger partial charge < -0.3 is 13.9 Å². The van der Waals surface area contributed by atoms with E-state index in [0.717, 1.165) is 12.8 Å². The molecule has 0 aliphatic rings. The lowest BCUT2D eigenvalue weighted by Gasteiger charge is -2.15. The first-order valence-electron chi connectivity index (χ1n) is 11.2. The fraction of sp³-hybridized carbons (Fsp3) is 0.296. The molecule has 0 fully saturated rings. The Morgan fingerprint density at radius 2 is 1.09 bits per heavy atom. The monoisotopic (exact) mass is 448 g/mol. The summed E-state index contributed by atoms with van der Waals surface area (Å²) < 4.78 is 16.9. The number of rotatable bonds is 10. The lowest BCUT2D eigenvalue weighted by Crippen LogP contribution is -2.22. The molecule has 0 unspecified atom stereocenters. The molecule has 0 N–H and O–H groups in total. The van der Waals surface area contributed by atoms with Crippen molar-refractivity contribution in [3.8, 4) is 0 Å². The maximum absolute atomic E-state index is 13.3.